The van der Waals surface area contributed by atoms with Gasteiger partial charge in [0.15, 0.2) is 0 Å². The average molecular weight is 336 g/mol. The Hall–Kier alpha value is -0.341. The minimum atomic E-state index is -0.515. The number of benzene rings is 1. The van der Waals surface area contributed by atoms with E-state index in [0.717, 1.165) is 15.7 Å². The Morgan fingerprint density at radius 1 is 1.41 bits per heavy atom. The van der Waals surface area contributed by atoms with Gasteiger partial charge in [0.1, 0.15) is 0 Å². The molecule has 0 bridgehead atoms. The number of nitrogens with zero attached hydrogens (tertiary/aromatic N) is 1. The van der Waals surface area contributed by atoms with Gasteiger partial charge in [-0.1, -0.05) is 0 Å². The summed E-state index contributed by atoms with van der Waals surface area (Å²) in [5.41, 5.74) is 1.88. The maximum atomic E-state index is 11.2. The van der Waals surface area contributed by atoms with Gasteiger partial charge in [0, 0.05) is 0 Å². The molecule has 0 saturated carbocycles. The number of alkyl halides is 2. The molecule has 0 N–H and O–H groups in total. The van der Waals surface area contributed by atoms with Gasteiger partial charge < -0.3 is 0 Å². The molecule has 0 amide bonds. The molecule has 0 unspecified atom stereocenters. The van der Waals surface area contributed by atoms with Crippen LogP contribution in [0.15, 0.2) is 29.3 Å². The van der Waals surface area contributed by atoms with Gasteiger partial charge in [0.05, 0.1) is 0 Å². The van der Waals surface area contributed by atoms with Crippen LogP contribution >= 0.6 is 23.2 Å². The van der Waals surface area contributed by atoms with Crippen LogP contribution in [0.5, 0.6) is 0 Å². The Balaban J connectivity index is 2.96. The van der Waals surface area contributed by atoms with Crippen LogP contribution in [0.3, 0.4) is 0 Å². The normalized spacial score (nSPS) is 11.9. The second-order valence-corrected chi connectivity index (χ2v) is 5.66. The van der Waals surface area contributed by atoms with Gasteiger partial charge in [-0.05, 0) is 0 Å². The quantitative estimate of drug-likeness (QED) is 0.462. The van der Waals surface area contributed by atoms with E-state index < -0.39 is 4.84 Å². The second-order valence-electron chi connectivity index (χ2n) is 3.57. The standard InChI is InChI=1S/C12H12Cl2NOSe/c1-8(16)6-9-4-2-3-5-10(9)12(17)15-7-11(13)14/h2-5,11H,6-7H2,1H3. The molecule has 0 aliphatic rings. The summed E-state index contributed by atoms with van der Waals surface area (Å²) in [4.78, 5) is 14.9. The third kappa shape index (κ3) is 5.22. The number of carbonyl (C=O) groups excluding carboxylic acids is 1. The van der Waals surface area contributed by atoms with E-state index in [1.807, 2.05) is 24.3 Å². The van der Waals surface area contributed by atoms with Crippen molar-refractivity contribution in [2.24, 2.45) is 4.99 Å². The molecule has 91 valence electrons. The molecule has 0 aromatic heterocycles. The number of halogens is 2. The van der Waals surface area contributed by atoms with Crippen LogP contribution in [0.25, 0.3) is 0 Å². The third-order valence-electron chi connectivity index (χ3n) is 2.06. The van der Waals surface area contributed by atoms with Crippen molar-refractivity contribution in [1.29, 1.82) is 0 Å². The van der Waals surface area contributed by atoms with Gasteiger partial charge in [-0.2, -0.15) is 0 Å². The number of ketones is 1. The van der Waals surface area contributed by atoms with Crippen LogP contribution in [-0.4, -0.2) is 37.8 Å². The summed E-state index contributed by atoms with van der Waals surface area (Å²) in [5, 5.41) is 0. The van der Waals surface area contributed by atoms with Crippen LogP contribution in [0.1, 0.15) is 18.1 Å². The first-order chi connectivity index (χ1) is 8.00. The van der Waals surface area contributed by atoms with E-state index in [1.54, 1.807) is 6.92 Å². The summed E-state index contributed by atoms with van der Waals surface area (Å²) in [6.45, 7) is 1.90. The maximum absolute atomic E-state index is 11.2. The fourth-order valence-electron chi connectivity index (χ4n) is 1.39. The summed E-state index contributed by atoms with van der Waals surface area (Å²) in [7, 11) is 0. The van der Waals surface area contributed by atoms with Crippen molar-refractivity contribution in [2.75, 3.05) is 6.54 Å². The van der Waals surface area contributed by atoms with Crippen molar-refractivity contribution in [3.8, 4) is 0 Å². The van der Waals surface area contributed by atoms with Crippen LogP contribution in [-0.2, 0) is 11.2 Å². The van der Waals surface area contributed by atoms with Crippen molar-refractivity contribution in [2.45, 2.75) is 18.2 Å². The summed E-state index contributed by atoms with van der Waals surface area (Å²) in [6.07, 6.45) is 0.405. The van der Waals surface area contributed by atoms with Crippen molar-refractivity contribution in [3.63, 3.8) is 0 Å². The number of Topliss-reactive ketones (excluding diaryl/α,β-unsaturated/α-hetero) is 1. The first kappa shape index (κ1) is 14.7. The zero-order valence-electron chi connectivity index (χ0n) is 9.32. The third-order valence-corrected chi connectivity index (χ3v) is 3.07. The summed E-state index contributed by atoms with van der Waals surface area (Å²) >= 11 is 14.1. The summed E-state index contributed by atoms with van der Waals surface area (Å²) in [6, 6.07) is 7.65. The van der Waals surface area contributed by atoms with E-state index in [4.69, 9.17) is 23.2 Å². The van der Waals surface area contributed by atoms with E-state index in [-0.39, 0.29) is 5.78 Å². The van der Waals surface area contributed by atoms with Crippen molar-refractivity contribution in [1.82, 2.24) is 0 Å². The molecular weight excluding hydrogens is 324 g/mol. The minimum absolute atomic E-state index is 0.123. The Kier molecular flexibility index (Phi) is 6.21. The number of hydrogen-bond acceptors (Lipinski definition) is 2. The Morgan fingerprint density at radius 2 is 2.06 bits per heavy atom. The predicted octanol–water partition coefficient (Wildman–Crippen LogP) is 2.54. The van der Waals surface area contributed by atoms with E-state index >= 15 is 0 Å². The number of rotatable bonds is 5. The van der Waals surface area contributed by atoms with Gasteiger partial charge in [-0.15, -0.1) is 0 Å². The van der Waals surface area contributed by atoms with Crippen LogP contribution in [0.2, 0.25) is 0 Å². The number of carbonyl (C=O) groups is 1. The molecule has 0 fully saturated rings. The zero-order valence-corrected chi connectivity index (χ0v) is 12.5. The Morgan fingerprint density at radius 3 is 2.65 bits per heavy atom. The van der Waals surface area contributed by atoms with E-state index in [1.165, 1.54) is 0 Å². The van der Waals surface area contributed by atoms with E-state index in [0.29, 0.717) is 13.0 Å². The number of hydrogen-bond donors (Lipinski definition) is 0. The molecule has 2 nitrogen and oxygen atoms in total. The van der Waals surface area contributed by atoms with Crippen molar-refractivity contribution in [3.05, 3.63) is 35.4 Å². The fourth-order valence-corrected chi connectivity index (χ4v) is 2.10. The molecule has 0 saturated heterocycles. The Labute approximate surface area is 119 Å². The first-order valence-corrected chi connectivity index (χ1v) is 6.81. The molecule has 0 aliphatic heterocycles. The van der Waals surface area contributed by atoms with Crippen LogP contribution in [0, 0.1) is 0 Å². The molecule has 17 heavy (non-hydrogen) atoms. The average Bonchev–Trinajstić information content (AvgIpc) is 2.25. The van der Waals surface area contributed by atoms with Crippen LogP contribution < -0.4 is 0 Å². The molecule has 1 radical (unpaired) electrons. The topological polar surface area (TPSA) is 29.4 Å². The summed E-state index contributed by atoms with van der Waals surface area (Å²) in [5.74, 6) is 0.123. The summed E-state index contributed by atoms with van der Waals surface area (Å²) < 4.78 is 0.730. The number of aliphatic imine (C=N–C) groups is 1. The molecule has 0 atom stereocenters. The fraction of sp³-hybridized carbons (Fsp3) is 0.333. The molecule has 5 heteroatoms. The van der Waals surface area contributed by atoms with Crippen molar-refractivity contribution < 1.29 is 4.79 Å². The second kappa shape index (κ2) is 7.17. The van der Waals surface area contributed by atoms with Crippen molar-refractivity contribution >= 4 is 49.6 Å². The molecular formula is C12H12Cl2NOSe. The van der Waals surface area contributed by atoms with Gasteiger partial charge >= 0.3 is 120 Å². The predicted molar refractivity (Wildman–Crippen MR) is 73.5 cm³/mol. The van der Waals surface area contributed by atoms with Crippen LogP contribution in [0.4, 0.5) is 0 Å². The SMILES string of the molecule is CC(=O)Cc1ccccc1C([Se])=NCC(Cl)Cl. The van der Waals surface area contributed by atoms with Gasteiger partial charge in [0.25, 0.3) is 0 Å². The van der Waals surface area contributed by atoms with E-state index in [2.05, 4.69) is 21.0 Å². The molecule has 1 aromatic rings. The van der Waals surface area contributed by atoms with Gasteiger partial charge in [-0.3, -0.25) is 0 Å². The van der Waals surface area contributed by atoms with E-state index in [9.17, 15) is 4.79 Å². The molecule has 0 heterocycles. The van der Waals surface area contributed by atoms with Gasteiger partial charge in [0.2, 0.25) is 0 Å². The first-order valence-electron chi connectivity index (χ1n) is 5.08. The molecule has 1 rings (SSSR count). The Bertz CT molecular complexity index is 432. The molecule has 0 spiro atoms. The molecule has 0 aliphatic carbocycles. The zero-order chi connectivity index (χ0) is 12.8. The monoisotopic (exact) mass is 336 g/mol. The van der Waals surface area contributed by atoms with Gasteiger partial charge in [-0.25, -0.2) is 0 Å². The molecule has 1 aromatic carbocycles.